The van der Waals surface area contributed by atoms with Gasteiger partial charge in [0.1, 0.15) is 0 Å². The summed E-state index contributed by atoms with van der Waals surface area (Å²) >= 11 is 0. The fourth-order valence-electron chi connectivity index (χ4n) is 1.76. The summed E-state index contributed by atoms with van der Waals surface area (Å²) in [4.78, 5) is 36.5. The van der Waals surface area contributed by atoms with Crippen LogP contribution in [0.1, 0.15) is 30.8 Å². The van der Waals surface area contributed by atoms with Crippen molar-refractivity contribution in [3.63, 3.8) is 0 Å². The quantitative estimate of drug-likeness (QED) is 0.714. The number of nitrogens with one attached hydrogen (secondary N) is 1. The maximum Gasteiger partial charge on any atom is 0.320 e. The molecule has 1 aromatic rings. The molecule has 116 valence electrons. The molecular formula is C14H20N2O5. The molecule has 1 aromatic heterocycles. The second kappa shape index (κ2) is 8.91. The Bertz CT molecular complexity index is 470. The van der Waals surface area contributed by atoms with E-state index < -0.39 is 17.8 Å². The fraction of sp³-hybridized carbons (Fsp3) is 0.500. The molecule has 1 rings (SSSR count). The van der Waals surface area contributed by atoms with Crippen LogP contribution in [0.15, 0.2) is 22.8 Å². The number of hydrogen-bond acceptors (Lipinski definition) is 6. The summed E-state index contributed by atoms with van der Waals surface area (Å²) in [5.74, 6) is -1.42. The van der Waals surface area contributed by atoms with Crippen molar-refractivity contribution in [3.8, 4) is 0 Å². The highest BCUT2D eigenvalue weighted by molar-refractivity contribution is 6.03. The molecule has 0 atom stereocenters. The van der Waals surface area contributed by atoms with Crippen molar-refractivity contribution < 1.29 is 23.5 Å². The zero-order valence-electron chi connectivity index (χ0n) is 12.3. The van der Waals surface area contributed by atoms with Crippen LogP contribution in [-0.4, -0.2) is 48.9 Å². The first-order valence-corrected chi connectivity index (χ1v) is 6.82. The molecule has 0 aromatic carbocycles. The summed E-state index contributed by atoms with van der Waals surface area (Å²) in [6, 6.07) is 3.02. The Balaban J connectivity index is 2.48. The Morgan fingerprint density at radius 1 is 1.29 bits per heavy atom. The summed E-state index contributed by atoms with van der Waals surface area (Å²) in [6.07, 6.45) is 2.13. The minimum atomic E-state index is -0.599. The number of amides is 2. The number of carbonyl (C=O) groups excluding carboxylic acids is 3. The molecule has 21 heavy (non-hydrogen) atoms. The molecular weight excluding hydrogens is 276 g/mol. The highest BCUT2D eigenvalue weighted by Crippen LogP contribution is 1.99. The summed E-state index contributed by atoms with van der Waals surface area (Å²) < 4.78 is 9.74. The maximum atomic E-state index is 11.8. The average molecular weight is 296 g/mol. The number of ether oxygens (including phenoxy) is 1. The van der Waals surface area contributed by atoms with Crippen LogP contribution >= 0.6 is 0 Å². The average Bonchev–Trinajstić information content (AvgIpc) is 2.92. The molecule has 0 radical (unpaired) electrons. The van der Waals surface area contributed by atoms with Gasteiger partial charge in [0.2, 0.25) is 5.91 Å². The predicted molar refractivity (Wildman–Crippen MR) is 74.5 cm³/mol. The second-order valence-corrected chi connectivity index (χ2v) is 4.37. The van der Waals surface area contributed by atoms with Gasteiger partial charge in [0.05, 0.1) is 26.0 Å². The zero-order valence-corrected chi connectivity index (χ0v) is 12.3. The monoisotopic (exact) mass is 296 g/mol. The molecule has 1 heterocycles. The van der Waals surface area contributed by atoms with Gasteiger partial charge in [-0.05, 0) is 32.0 Å². The first kappa shape index (κ1) is 16.9. The summed E-state index contributed by atoms with van der Waals surface area (Å²) in [5.41, 5.74) is 0. The van der Waals surface area contributed by atoms with Crippen LogP contribution in [0.4, 0.5) is 0 Å². The lowest BCUT2D eigenvalue weighted by Gasteiger charge is -2.19. The summed E-state index contributed by atoms with van der Waals surface area (Å²) in [6.45, 7) is 4.47. The van der Waals surface area contributed by atoms with Crippen molar-refractivity contribution in [2.75, 3.05) is 26.2 Å². The topological polar surface area (TPSA) is 88.9 Å². The lowest BCUT2D eigenvalue weighted by atomic mass is 10.3. The van der Waals surface area contributed by atoms with E-state index in [4.69, 9.17) is 9.15 Å². The normalized spacial score (nSPS) is 10.4. The zero-order chi connectivity index (χ0) is 15.7. The number of furan rings is 1. The molecule has 0 unspecified atom stereocenters. The highest BCUT2D eigenvalue weighted by Gasteiger charge is 2.17. The predicted octanol–water partition coefficient (Wildman–Crippen LogP) is 0.811. The van der Waals surface area contributed by atoms with Crippen LogP contribution in [0.5, 0.6) is 0 Å². The van der Waals surface area contributed by atoms with E-state index in [1.807, 2.05) is 6.92 Å². The van der Waals surface area contributed by atoms with Crippen LogP contribution in [0.3, 0.4) is 0 Å². The Labute approximate surface area is 123 Å². The standard InChI is InChI=1S/C14H20N2O5/c1-3-7-16(10-13(18)20-4-2)9-12(17)15-14(19)11-6-5-8-21-11/h5-6,8H,3-4,7,9-10H2,1-2H3,(H,15,17,19). The van der Waals surface area contributed by atoms with Crippen molar-refractivity contribution in [1.29, 1.82) is 0 Å². The van der Waals surface area contributed by atoms with Gasteiger partial charge in [-0.25, -0.2) is 0 Å². The summed E-state index contributed by atoms with van der Waals surface area (Å²) in [7, 11) is 0. The first-order valence-electron chi connectivity index (χ1n) is 6.82. The number of hydrogen-bond donors (Lipinski definition) is 1. The van der Waals surface area contributed by atoms with Gasteiger partial charge in [0.25, 0.3) is 5.91 Å². The van der Waals surface area contributed by atoms with Gasteiger partial charge in [-0.1, -0.05) is 6.92 Å². The van der Waals surface area contributed by atoms with E-state index in [-0.39, 0.29) is 18.8 Å². The van der Waals surface area contributed by atoms with E-state index in [1.54, 1.807) is 17.9 Å². The van der Waals surface area contributed by atoms with Gasteiger partial charge in [0, 0.05) is 0 Å². The lowest BCUT2D eigenvalue weighted by molar-refractivity contribution is -0.144. The van der Waals surface area contributed by atoms with Gasteiger partial charge in [-0.15, -0.1) is 0 Å². The molecule has 0 aliphatic heterocycles. The third-order valence-corrected chi connectivity index (χ3v) is 2.56. The molecule has 7 heteroatoms. The largest absolute Gasteiger partial charge is 0.465 e. The van der Waals surface area contributed by atoms with Crippen LogP contribution in [0.2, 0.25) is 0 Å². The number of rotatable bonds is 8. The minimum absolute atomic E-state index is 0.0179. The molecule has 0 saturated heterocycles. The number of imide groups is 1. The van der Waals surface area contributed by atoms with Gasteiger partial charge in [-0.3, -0.25) is 24.6 Å². The molecule has 0 saturated carbocycles. The van der Waals surface area contributed by atoms with Crippen LogP contribution < -0.4 is 5.32 Å². The minimum Gasteiger partial charge on any atom is -0.465 e. The molecule has 1 N–H and O–H groups in total. The van der Waals surface area contributed by atoms with Gasteiger partial charge < -0.3 is 9.15 Å². The van der Waals surface area contributed by atoms with E-state index in [0.29, 0.717) is 13.2 Å². The highest BCUT2D eigenvalue weighted by atomic mass is 16.5. The summed E-state index contributed by atoms with van der Waals surface area (Å²) in [5, 5.41) is 2.21. The van der Waals surface area contributed by atoms with Crippen LogP contribution in [0.25, 0.3) is 0 Å². The Hall–Kier alpha value is -2.15. The van der Waals surface area contributed by atoms with Gasteiger partial charge >= 0.3 is 5.97 Å². The third-order valence-electron chi connectivity index (χ3n) is 2.56. The van der Waals surface area contributed by atoms with E-state index in [2.05, 4.69) is 5.32 Å². The second-order valence-electron chi connectivity index (χ2n) is 4.37. The molecule has 2 amide bonds. The van der Waals surface area contributed by atoms with Gasteiger partial charge in [0.15, 0.2) is 5.76 Å². The van der Waals surface area contributed by atoms with Gasteiger partial charge in [-0.2, -0.15) is 0 Å². The number of carbonyl (C=O) groups is 3. The Morgan fingerprint density at radius 3 is 2.62 bits per heavy atom. The van der Waals surface area contributed by atoms with Crippen molar-refractivity contribution in [1.82, 2.24) is 10.2 Å². The smallest absolute Gasteiger partial charge is 0.320 e. The van der Waals surface area contributed by atoms with Crippen molar-refractivity contribution in [2.45, 2.75) is 20.3 Å². The SMILES string of the molecule is CCCN(CC(=O)NC(=O)c1ccco1)CC(=O)OCC. The maximum absolute atomic E-state index is 11.8. The van der Waals surface area contributed by atoms with E-state index in [9.17, 15) is 14.4 Å². The van der Waals surface area contributed by atoms with Crippen molar-refractivity contribution >= 4 is 17.8 Å². The van der Waals surface area contributed by atoms with Crippen molar-refractivity contribution in [3.05, 3.63) is 24.2 Å². The molecule has 0 spiro atoms. The Morgan fingerprint density at radius 2 is 2.05 bits per heavy atom. The van der Waals surface area contributed by atoms with Crippen LogP contribution in [0, 0.1) is 0 Å². The van der Waals surface area contributed by atoms with Crippen molar-refractivity contribution in [2.24, 2.45) is 0 Å². The molecule has 0 aliphatic rings. The third kappa shape index (κ3) is 6.22. The fourth-order valence-corrected chi connectivity index (χ4v) is 1.76. The number of nitrogens with zero attached hydrogens (tertiary/aromatic N) is 1. The molecule has 0 bridgehead atoms. The number of esters is 1. The molecule has 0 fully saturated rings. The first-order chi connectivity index (χ1) is 10.1. The molecule has 7 nitrogen and oxygen atoms in total. The van der Waals surface area contributed by atoms with E-state index >= 15 is 0 Å². The van der Waals surface area contributed by atoms with Crippen LogP contribution in [-0.2, 0) is 14.3 Å². The van der Waals surface area contributed by atoms with E-state index in [1.165, 1.54) is 12.3 Å². The van der Waals surface area contributed by atoms with E-state index in [0.717, 1.165) is 6.42 Å². The molecule has 0 aliphatic carbocycles. The lowest BCUT2D eigenvalue weighted by Crippen LogP contribution is -2.42. The Kier molecular flexibility index (Phi) is 7.17.